The van der Waals surface area contributed by atoms with Gasteiger partial charge in [0.05, 0.1) is 106 Å². The molecule has 706 valence electrons. The summed E-state index contributed by atoms with van der Waals surface area (Å²) in [6.45, 7) is 8.33. The van der Waals surface area contributed by atoms with Crippen LogP contribution in [0.5, 0.6) is 0 Å². The average molecular weight is 1950 g/mol. The number of nitrogens with zero attached hydrogens (tertiary/aromatic N) is 6. The SMILES string of the molecule is F[P-](F)(F)(F)(F)F.F[P-](F)(F)(F)(F)F.F[P-](F)(F)(F)(F)F.F[P-](F)(F)(F)(F)F.O=C1c2ccc3c4c5ccc(c24)C(=O)N1CCOCCOCCOCCOCC#CC#CCOCCOCCOCCOCCN(C3=O)C5=O.c1cc2ccc1C[n+]1ccc(cc1)-c1ccc(cc1)-c1cc[n+](cc1)Cc1ccc(cc1)C[n+]1ccc(cc1)-c1ccc(cc1)-c1cc[n+](cc1)C2. The van der Waals surface area contributed by atoms with Gasteiger partial charge in [-0.15, -0.1) is 0 Å². The number of hydrogen-bond donors (Lipinski definition) is 0. The molecule has 4 amide bonds. The van der Waals surface area contributed by atoms with Crippen molar-refractivity contribution >= 4 is 65.6 Å². The number of imide groups is 2. The van der Waals surface area contributed by atoms with Crippen LogP contribution >= 0.6 is 31.2 Å². The van der Waals surface area contributed by atoms with Crippen molar-refractivity contribution in [2.45, 2.75) is 26.2 Å². The Balaban J connectivity index is 0.000000226. The van der Waals surface area contributed by atoms with E-state index in [2.05, 4.69) is 237 Å². The summed E-state index contributed by atoms with van der Waals surface area (Å²) in [5.41, 5.74) is 15.9. The number of hydrogen-bond acceptors (Lipinski definition) is 12. The molecule has 10 aromatic rings. The zero-order valence-electron chi connectivity index (χ0n) is 67.8. The smallest absolute Gasteiger partial charge is 0.261 e. The second-order valence-electron chi connectivity index (χ2n) is 28.6. The Hall–Kier alpha value is -10.7. The summed E-state index contributed by atoms with van der Waals surface area (Å²) in [5.74, 6) is 8.95. The first-order chi connectivity index (χ1) is 60.1. The average Bonchev–Trinajstić information content (AvgIpc) is 0.710. The van der Waals surface area contributed by atoms with Gasteiger partial charge in [-0.25, -0.2) is 18.3 Å². The molecule has 27 aliphatic heterocycles. The third-order valence-corrected chi connectivity index (χ3v) is 18.0. The molecule has 6 aromatic carbocycles. The fourth-order valence-electron chi connectivity index (χ4n) is 12.5. The number of amides is 4. The molecule has 18 nitrogen and oxygen atoms in total. The van der Waals surface area contributed by atoms with Gasteiger partial charge in [0.2, 0.25) is 0 Å². The first kappa shape index (κ1) is 103. The maximum Gasteiger partial charge on any atom is 0.261 e. The zero-order chi connectivity index (χ0) is 95.3. The van der Waals surface area contributed by atoms with Gasteiger partial charge in [-0.05, 0) is 80.6 Å². The molecule has 0 unspecified atom stereocenters. The van der Waals surface area contributed by atoms with Crippen LogP contribution in [-0.2, 0) is 64.1 Å². The van der Waals surface area contributed by atoms with E-state index in [1.54, 1.807) is 0 Å². The second-order valence-corrected chi connectivity index (χ2v) is 36.3. The first-order valence-corrected chi connectivity index (χ1v) is 46.7. The monoisotopic (exact) mass is 1940 g/mol. The summed E-state index contributed by atoms with van der Waals surface area (Å²) < 4.78 is 290. The molecule has 0 fully saturated rings. The topological polar surface area (TPSA) is 164 Å². The van der Waals surface area contributed by atoms with Gasteiger partial charge in [0, 0.05) is 104 Å². The van der Waals surface area contributed by atoms with Crippen LogP contribution in [0.3, 0.4) is 0 Å². The number of carbonyl (C=O) groups excluding carboxylic acids is 4. The van der Waals surface area contributed by atoms with E-state index in [9.17, 15) is 120 Å². The van der Waals surface area contributed by atoms with Crippen molar-refractivity contribution in [2.24, 2.45) is 0 Å². The van der Waals surface area contributed by atoms with E-state index in [1.165, 1.54) is 91.0 Å². The molecular formula is C84H80F24N6O12P4. The number of benzene rings is 6. The fraction of sp³-hybridized carbons (Fsp3) is 0.262. The summed E-state index contributed by atoms with van der Waals surface area (Å²) in [6.07, 6.45) is 17.4. The third-order valence-electron chi connectivity index (χ3n) is 18.0. The molecule has 46 heteroatoms. The molecular weight excluding hydrogens is 1860 g/mol. The second kappa shape index (κ2) is 39.4. The van der Waals surface area contributed by atoms with Crippen molar-refractivity contribution in [3.63, 3.8) is 0 Å². The van der Waals surface area contributed by atoms with Crippen LogP contribution in [-0.4, -0.2) is 152 Å². The molecule has 4 aromatic heterocycles. The van der Waals surface area contributed by atoms with Gasteiger partial charge >= 0.3 is 132 Å². The van der Waals surface area contributed by atoms with Crippen LogP contribution < -0.4 is 18.3 Å². The maximum absolute atomic E-state index is 13.5. The Labute approximate surface area is 725 Å². The largest absolute Gasteiger partial charge is 0.377 e. The summed E-state index contributed by atoms with van der Waals surface area (Å²) in [6, 6.07) is 59.5. The Morgan fingerprint density at radius 2 is 0.385 bits per heavy atom. The molecule has 27 aliphatic rings. The number of ether oxygens (including phenoxy) is 8. The zero-order valence-corrected chi connectivity index (χ0v) is 71.4. The number of rotatable bonds is 0. The number of aromatic nitrogens is 4. The third kappa shape index (κ3) is 41.2. The van der Waals surface area contributed by atoms with E-state index in [-0.39, 0.29) is 75.0 Å². The van der Waals surface area contributed by atoms with E-state index in [4.69, 9.17) is 37.9 Å². The van der Waals surface area contributed by atoms with Gasteiger partial charge < -0.3 is 37.9 Å². The van der Waals surface area contributed by atoms with Crippen molar-refractivity contribution in [1.82, 2.24) is 9.80 Å². The maximum atomic E-state index is 13.5. The minimum Gasteiger partial charge on any atom is -0.377 e. The summed E-state index contributed by atoms with van der Waals surface area (Å²) >= 11 is 0. The van der Waals surface area contributed by atoms with E-state index >= 15 is 0 Å². The molecule has 0 radical (unpaired) electrons. The molecule has 130 heavy (non-hydrogen) atoms. The molecule has 0 atom stereocenters. The Morgan fingerprint density at radius 3 is 0.569 bits per heavy atom. The number of halogens is 24. The quantitative estimate of drug-likeness (QED) is 0.0465. The van der Waals surface area contributed by atoms with Gasteiger partial charge in [0.25, 0.3) is 23.6 Å². The molecule has 0 saturated heterocycles. The first-order valence-electron chi connectivity index (χ1n) is 38.6. The Morgan fingerprint density at radius 1 is 0.223 bits per heavy atom. The van der Waals surface area contributed by atoms with Crippen LogP contribution in [0.25, 0.3) is 55.3 Å². The van der Waals surface area contributed by atoms with Gasteiger partial charge in [-0.1, -0.05) is 109 Å². The minimum absolute atomic E-state index is 0.0288. The minimum atomic E-state index is -10.7. The molecule has 31 heterocycles. The van der Waals surface area contributed by atoms with Crippen molar-refractivity contribution in [1.29, 1.82) is 0 Å². The molecule has 0 N–H and O–H groups in total. The standard InChI is InChI=1S/C48H40N4.C36H40N2O12.4F6P/c1-2-38-4-3-37(1)33-49-25-17-45(18-26-49)41-9-11-43(12-10-41)47-21-29-51(30-22-47)35-39-5-7-40(8-6-39)36-52-31-23-48(24-32-52)44-15-13-42(14-16-44)46-19-27-50(34-38)28-20-46;39-33-27-5-7-29-32-30-8-6-28(31(27)32)34(40)37(33)9-13-45-17-21-49-25-23-47-19-15-43-11-3-1-2-4-12-44-16-20-48-24-26-50-22-18-46-14-10-38(35(29)41)36(30)42;4*1-7(2,3,4,5)6/h1-32H,33-36H2;5-8H,9-26H2;;;;/q+4;;4*-1. The summed E-state index contributed by atoms with van der Waals surface area (Å²) in [4.78, 5) is 56.0. The van der Waals surface area contributed by atoms with Crippen molar-refractivity contribution in [3.8, 4) is 68.2 Å². The van der Waals surface area contributed by atoms with Gasteiger partial charge in [-0.2, -0.15) is 0 Å². The van der Waals surface area contributed by atoms with Crippen LogP contribution in [0, 0.1) is 23.7 Å². The van der Waals surface area contributed by atoms with Crippen molar-refractivity contribution in [2.75, 3.05) is 119 Å². The van der Waals surface area contributed by atoms with Gasteiger partial charge in [0.15, 0.2) is 75.8 Å². The molecule has 0 spiro atoms. The van der Waals surface area contributed by atoms with Gasteiger partial charge in [0.1, 0.15) is 13.2 Å². The fourth-order valence-corrected chi connectivity index (χ4v) is 12.5. The summed E-state index contributed by atoms with van der Waals surface area (Å²) in [7, 11) is -42.6. The molecule has 37 rings (SSSR count). The predicted molar refractivity (Wildman–Crippen MR) is 436 cm³/mol. The Bertz CT molecular complexity index is 5060. The van der Waals surface area contributed by atoms with Crippen LogP contribution in [0.15, 0.2) is 219 Å². The van der Waals surface area contributed by atoms with E-state index in [1.807, 2.05) is 0 Å². The van der Waals surface area contributed by atoms with Crippen molar-refractivity contribution in [3.05, 3.63) is 264 Å². The summed E-state index contributed by atoms with van der Waals surface area (Å²) in [5, 5.41) is 0.635. The molecule has 0 aliphatic carbocycles. The normalized spacial score (nSPS) is 17.8. The number of fused-ring (bicyclic) bond motifs is 2. The van der Waals surface area contributed by atoms with Crippen LogP contribution in [0.1, 0.15) is 63.7 Å². The van der Waals surface area contributed by atoms with Crippen molar-refractivity contribution < 1.29 is 176 Å². The van der Waals surface area contributed by atoms with Crippen LogP contribution in [0.4, 0.5) is 101 Å². The van der Waals surface area contributed by atoms with E-state index < -0.39 is 54.9 Å². The molecule has 0 saturated carbocycles. The van der Waals surface area contributed by atoms with E-state index in [0.29, 0.717) is 76.8 Å². The number of carbonyl (C=O) groups is 4. The Kier molecular flexibility index (Phi) is 31.2. The van der Waals surface area contributed by atoms with E-state index in [0.717, 1.165) is 36.0 Å². The predicted octanol–water partition coefficient (Wildman–Crippen LogP) is 22.7. The number of pyridine rings is 4. The van der Waals surface area contributed by atoms with Gasteiger partial charge in [-0.3, -0.25) is 29.0 Å². The molecule has 24 bridgehead atoms. The van der Waals surface area contributed by atoms with Crippen LogP contribution in [0.2, 0.25) is 0 Å².